The zero-order valence-electron chi connectivity index (χ0n) is 20.2. The molecule has 15 heteroatoms. The van der Waals surface area contributed by atoms with Crippen LogP contribution in [0.3, 0.4) is 0 Å². The topological polar surface area (TPSA) is 100 Å². The molecule has 0 saturated heterocycles. The summed E-state index contributed by atoms with van der Waals surface area (Å²) in [7, 11) is 0. The smallest absolute Gasteiger partial charge is 0.434 e. The van der Waals surface area contributed by atoms with E-state index in [1.54, 1.807) is 0 Å². The number of rotatable bonds is 10. The van der Waals surface area contributed by atoms with Gasteiger partial charge in [-0.15, -0.1) is 0 Å². The molecule has 2 aromatic heterocycles. The summed E-state index contributed by atoms with van der Waals surface area (Å²) in [6.45, 7) is 6.22. The molecule has 0 saturated carbocycles. The Balaban J connectivity index is 1.98. The molecule has 0 aliphatic carbocycles. The number of aromatic carboxylic acids is 1. The van der Waals surface area contributed by atoms with Crippen molar-refractivity contribution in [3.63, 3.8) is 0 Å². The van der Waals surface area contributed by atoms with Crippen LogP contribution in [0.1, 0.15) is 51.6 Å². The molecule has 0 aliphatic heterocycles. The van der Waals surface area contributed by atoms with Crippen LogP contribution in [0, 0.1) is 0 Å². The van der Waals surface area contributed by atoms with E-state index in [1.165, 1.54) is 0 Å². The van der Waals surface area contributed by atoms with Crippen LogP contribution in [0.5, 0.6) is 0 Å². The number of nitrogens with zero attached hydrogens (tertiary/aromatic N) is 4. The molecule has 0 unspecified atom stereocenters. The maximum absolute atomic E-state index is 14.0. The molecule has 38 heavy (non-hydrogen) atoms. The number of aromatic nitrogens is 3. The summed E-state index contributed by atoms with van der Waals surface area (Å²) in [5.74, 6) is -2.63. The van der Waals surface area contributed by atoms with Crippen molar-refractivity contribution in [1.29, 1.82) is 0 Å². The summed E-state index contributed by atoms with van der Waals surface area (Å²) in [5.41, 5.74) is -4.09. The molecule has 0 atom stereocenters. The number of amides is 1. The number of carboxylic acids is 1. The number of carbonyl (C=O) groups is 2. The average molecular weight is 564 g/mol. The first-order chi connectivity index (χ1) is 17.8. The molecule has 0 radical (unpaired) electrons. The van der Waals surface area contributed by atoms with Gasteiger partial charge in [-0.05, 0) is 38.2 Å². The van der Waals surface area contributed by atoms with Crippen molar-refractivity contribution in [3.05, 3.63) is 52.2 Å². The Morgan fingerprint density at radius 1 is 1.11 bits per heavy atom. The fourth-order valence-electron chi connectivity index (χ4n) is 3.65. The second-order valence-corrected chi connectivity index (χ2v) is 8.99. The van der Waals surface area contributed by atoms with Crippen LogP contribution < -0.4 is 5.32 Å². The number of hydrogen-bond acceptors (Lipinski definition) is 6. The zero-order chi connectivity index (χ0) is 28.3. The molecule has 0 fully saturated rings. The van der Waals surface area contributed by atoms with Gasteiger partial charge in [0, 0.05) is 12.1 Å². The number of alkyl halides is 6. The summed E-state index contributed by atoms with van der Waals surface area (Å²) < 4.78 is 81.8. The van der Waals surface area contributed by atoms with E-state index < -0.39 is 56.8 Å². The first-order valence-electron chi connectivity index (χ1n) is 11.4. The molecule has 8 nitrogen and oxygen atoms in total. The van der Waals surface area contributed by atoms with Crippen LogP contribution in [0.2, 0.25) is 0 Å². The molecule has 206 valence electrons. The monoisotopic (exact) mass is 563 g/mol. The predicted octanol–water partition coefficient (Wildman–Crippen LogP) is 5.19. The quantitative estimate of drug-likeness (QED) is 0.260. The summed E-state index contributed by atoms with van der Waals surface area (Å²) >= 11 is 0.285. The molecule has 2 N–H and O–H groups in total. The Labute approximate surface area is 216 Å². The molecule has 3 rings (SSSR count). The minimum atomic E-state index is -5.09. The van der Waals surface area contributed by atoms with Gasteiger partial charge in [-0.1, -0.05) is 37.3 Å². The van der Waals surface area contributed by atoms with Crippen molar-refractivity contribution in [2.24, 2.45) is 0 Å². The van der Waals surface area contributed by atoms with E-state index in [9.17, 15) is 41.0 Å². The summed E-state index contributed by atoms with van der Waals surface area (Å²) in [6, 6.07) is 3.60. The lowest BCUT2D eigenvalue weighted by molar-refractivity contribution is -0.143. The van der Waals surface area contributed by atoms with E-state index in [4.69, 9.17) is 0 Å². The van der Waals surface area contributed by atoms with Crippen LogP contribution in [-0.4, -0.2) is 62.8 Å². The van der Waals surface area contributed by atoms with Gasteiger partial charge in [-0.25, -0.2) is 14.5 Å². The van der Waals surface area contributed by atoms with Crippen LogP contribution in [0.4, 0.5) is 26.3 Å². The normalized spacial score (nSPS) is 12.2. The van der Waals surface area contributed by atoms with Crippen molar-refractivity contribution in [1.82, 2.24) is 25.0 Å². The molecule has 3 aromatic rings. The van der Waals surface area contributed by atoms with Gasteiger partial charge in [0.05, 0.1) is 23.0 Å². The van der Waals surface area contributed by atoms with Crippen molar-refractivity contribution in [2.75, 3.05) is 26.2 Å². The molecular weight excluding hydrogens is 540 g/mol. The van der Waals surface area contributed by atoms with E-state index >= 15 is 0 Å². The third-order valence-electron chi connectivity index (χ3n) is 5.57. The Morgan fingerprint density at radius 2 is 1.79 bits per heavy atom. The molecule has 2 heterocycles. The molecule has 1 amide bonds. The van der Waals surface area contributed by atoms with Gasteiger partial charge in [0.25, 0.3) is 5.91 Å². The number of carboxylic acid groups (broad SMARTS) is 1. The SMILES string of the molecule is CCN(CC)CCCNC(=O)c1cnn(-c2nc(-c3cccc(C(F)(F)F)c3)c(C(=O)O)s2)c1C(F)(F)F. The van der Waals surface area contributed by atoms with E-state index in [2.05, 4.69) is 20.3 Å². The zero-order valence-corrected chi connectivity index (χ0v) is 21.0. The minimum Gasteiger partial charge on any atom is -0.477 e. The van der Waals surface area contributed by atoms with Crippen molar-refractivity contribution < 1.29 is 41.0 Å². The molecule has 0 spiro atoms. The lowest BCUT2D eigenvalue weighted by Gasteiger charge is -2.17. The minimum absolute atomic E-state index is 0.109. The first-order valence-corrected chi connectivity index (χ1v) is 12.2. The number of halogens is 6. The van der Waals surface area contributed by atoms with E-state index in [0.717, 1.165) is 31.3 Å². The van der Waals surface area contributed by atoms with Gasteiger partial charge in [-0.2, -0.15) is 31.4 Å². The fourth-order valence-corrected chi connectivity index (χ4v) is 4.55. The van der Waals surface area contributed by atoms with Crippen LogP contribution in [0.25, 0.3) is 16.4 Å². The van der Waals surface area contributed by atoms with E-state index in [0.29, 0.717) is 25.2 Å². The second kappa shape index (κ2) is 11.5. The highest BCUT2D eigenvalue weighted by molar-refractivity contribution is 7.16. The van der Waals surface area contributed by atoms with Gasteiger partial charge >= 0.3 is 18.3 Å². The van der Waals surface area contributed by atoms with Crippen LogP contribution >= 0.6 is 11.3 Å². The summed E-state index contributed by atoms with van der Waals surface area (Å²) in [5, 5.41) is 15.0. The van der Waals surface area contributed by atoms with Gasteiger partial charge in [0.2, 0.25) is 5.13 Å². The van der Waals surface area contributed by atoms with Gasteiger partial charge in [-0.3, -0.25) is 4.79 Å². The Hall–Kier alpha value is -3.46. The second-order valence-electron chi connectivity index (χ2n) is 8.01. The number of benzene rings is 1. The highest BCUT2D eigenvalue weighted by atomic mass is 32.1. The summed E-state index contributed by atoms with van der Waals surface area (Å²) in [4.78, 5) is 29.7. The van der Waals surface area contributed by atoms with Gasteiger partial charge in [0.15, 0.2) is 5.69 Å². The Bertz CT molecular complexity index is 1300. The summed E-state index contributed by atoms with van der Waals surface area (Å²) in [6.07, 6.45) is -8.64. The number of carbonyl (C=O) groups excluding carboxylic acids is 1. The maximum Gasteiger partial charge on any atom is 0.434 e. The largest absolute Gasteiger partial charge is 0.477 e. The molecule has 0 aliphatic rings. The molecule has 1 aromatic carbocycles. The molecular formula is C23H23F6N5O3S. The van der Waals surface area contributed by atoms with Crippen molar-refractivity contribution in [2.45, 2.75) is 32.6 Å². The van der Waals surface area contributed by atoms with Gasteiger partial charge in [0.1, 0.15) is 4.88 Å². The number of nitrogens with one attached hydrogen (secondary N) is 1. The van der Waals surface area contributed by atoms with Crippen LogP contribution in [0.15, 0.2) is 30.5 Å². The first kappa shape index (κ1) is 29.1. The van der Waals surface area contributed by atoms with Crippen molar-refractivity contribution in [3.8, 4) is 16.4 Å². The average Bonchev–Trinajstić information content (AvgIpc) is 3.49. The van der Waals surface area contributed by atoms with Crippen molar-refractivity contribution >= 4 is 23.2 Å². The lowest BCUT2D eigenvalue weighted by Crippen LogP contribution is -2.31. The lowest BCUT2D eigenvalue weighted by atomic mass is 10.1. The standard InChI is InChI=1S/C23H23F6N5O3S/c1-3-33(4-2)10-6-9-30-19(35)15-12-31-34(18(15)23(27,28)29)21-32-16(17(38-21)20(36)37)13-7-5-8-14(11-13)22(24,25)26/h5,7-8,11-12H,3-4,6,9-10H2,1-2H3,(H,30,35)(H,36,37). The number of hydrogen-bond donors (Lipinski definition) is 2. The highest BCUT2D eigenvalue weighted by Crippen LogP contribution is 2.38. The van der Waals surface area contributed by atoms with E-state index in [-0.39, 0.29) is 28.1 Å². The third kappa shape index (κ3) is 6.51. The Kier molecular flexibility index (Phi) is 8.82. The predicted molar refractivity (Wildman–Crippen MR) is 126 cm³/mol. The third-order valence-corrected chi connectivity index (χ3v) is 6.59. The van der Waals surface area contributed by atoms with Gasteiger partial charge < -0.3 is 15.3 Å². The van der Waals surface area contributed by atoms with Crippen LogP contribution in [-0.2, 0) is 12.4 Å². The fraction of sp³-hybridized carbons (Fsp3) is 0.391. The highest BCUT2D eigenvalue weighted by Gasteiger charge is 2.41. The Morgan fingerprint density at radius 3 is 2.37 bits per heavy atom. The molecule has 0 bridgehead atoms. The number of thiazole rings is 1. The van der Waals surface area contributed by atoms with E-state index in [1.807, 2.05) is 13.8 Å². The maximum atomic E-state index is 14.0.